The number of aliphatic carboxylic acids is 1. The summed E-state index contributed by atoms with van der Waals surface area (Å²) in [6.45, 7) is 5.08. The smallest absolute Gasteiger partial charge is 0.303 e. The molecule has 1 aliphatic rings. The van der Waals surface area contributed by atoms with E-state index < -0.39 is 121 Å². The number of likely N-dealkylation sites (tertiary alicyclic amines) is 1. The van der Waals surface area contributed by atoms with Crippen LogP contribution in [0.2, 0.25) is 0 Å². The van der Waals surface area contributed by atoms with E-state index in [4.69, 9.17) is 17.2 Å². The molecule has 20 N–H and O–H groups in total. The van der Waals surface area contributed by atoms with Gasteiger partial charge in [-0.3, -0.25) is 52.9 Å². The maximum absolute atomic E-state index is 15.1. The van der Waals surface area contributed by atoms with Crippen LogP contribution in [0.1, 0.15) is 88.1 Å². The van der Waals surface area contributed by atoms with Crippen LogP contribution in [-0.4, -0.2) is 186 Å². The molecule has 0 aliphatic carbocycles. The second kappa shape index (κ2) is 34.3. The molecule has 30 heteroatoms. The summed E-state index contributed by atoms with van der Waals surface area (Å²) in [7, 11) is 0. The first-order valence-corrected chi connectivity index (χ1v) is 31.2. The number of amides is 9. The summed E-state index contributed by atoms with van der Waals surface area (Å²) < 4.78 is 0. The number of aromatic amines is 3. The number of para-hydroxylation sites is 2. The predicted molar refractivity (Wildman–Crippen MR) is 346 cm³/mol. The number of H-pyrrole nitrogens is 3. The molecule has 3 aromatic carbocycles. The largest absolute Gasteiger partial charge is 0.508 e. The molecule has 0 bridgehead atoms. The van der Waals surface area contributed by atoms with Crippen LogP contribution >= 0.6 is 0 Å². The number of aromatic nitrogens is 4. The number of benzene rings is 3. The summed E-state index contributed by atoms with van der Waals surface area (Å²) in [5.41, 5.74) is 20.5. The first-order chi connectivity index (χ1) is 45.0. The van der Waals surface area contributed by atoms with Gasteiger partial charge in [0.1, 0.15) is 54.1 Å². The molecule has 0 unspecified atom stereocenters. The van der Waals surface area contributed by atoms with Crippen molar-refractivity contribution in [1.82, 2.24) is 67.4 Å². The quantitative estimate of drug-likeness (QED) is 0.0131. The lowest BCUT2D eigenvalue weighted by molar-refractivity contribution is -0.142. The molecule has 7 rings (SSSR count). The first-order valence-electron chi connectivity index (χ1n) is 31.2. The fourth-order valence-electron chi connectivity index (χ4n) is 11.1. The number of rotatable bonds is 35. The van der Waals surface area contributed by atoms with Crippen molar-refractivity contribution >= 4 is 86.9 Å². The molecule has 94 heavy (non-hydrogen) atoms. The molecular formula is C64H85N17O13. The number of carbonyl (C=O) groups excluding carboxylic acids is 9. The number of hydrogen-bond donors (Lipinski definition) is 17. The van der Waals surface area contributed by atoms with Crippen LogP contribution in [-0.2, 0) is 73.6 Å². The standard InChI is InChI=1S/C64H85N17O13/c1-4-69-62(93)53-16-10-24-81(53)63(94)46(15-9-23-70-64(66)67)74-56(87)47(25-35(2)3)76-58(89)49(27-37-30-71-44-13-7-5-11-41(37)44)78-57(88)48(26-36-17-19-40(83)20-18-36)77-61(92)52(33-82)80-59(90)50(28-38-31-72-45-14-8-6-12-42(38)45)79-60(91)51(29-39-32-68-34-73-39)75-55(86)43(65)21-22-54(84)85/h5-8,11-14,17-20,30-32,34-35,43,46-53,71-72,82-83H,4,9-10,15-16,21-29,33,65H2,1-3H3,(H,68,73)(H,69,93)(H,74,87)(H,75,86)(H,76,89)(H,77,92)(H,78,88)(H,79,91)(H,80,90)(H,84,85)(H4,66,67,70)/t43-,46-,47-,48-,49+,50-,51-,52-,53-/m0/s1. The molecule has 1 fully saturated rings. The lowest BCUT2D eigenvalue weighted by atomic mass is 9.99. The van der Waals surface area contributed by atoms with Crippen molar-refractivity contribution in [2.24, 2.45) is 28.1 Å². The van der Waals surface area contributed by atoms with Crippen LogP contribution in [0.25, 0.3) is 21.8 Å². The number of aliphatic hydroxyl groups excluding tert-OH is 1. The van der Waals surface area contributed by atoms with Crippen molar-refractivity contribution in [3.63, 3.8) is 0 Å². The number of nitrogens with one attached hydrogen (secondary N) is 11. The summed E-state index contributed by atoms with van der Waals surface area (Å²) in [6, 6.07) is 7.57. The van der Waals surface area contributed by atoms with Gasteiger partial charge >= 0.3 is 5.97 Å². The zero-order chi connectivity index (χ0) is 68.0. The Bertz CT molecular complexity index is 3620. The van der Waals surface area contributed by atoms with Gasteiger partial charge in [0.25, 0.3) is 0 Å². The van der Waals surface area contributed by atoms with Crippen LogP contribution < -0.4 is 59.7 Å². The van der Waals surface area contributed by atoms with Gasteiger partial charge in [-0.05, 0) is 92.3 Å². The van der Waals surface area contributed by atoms with Crippen LogP contribution in [0, 0.1) is 5.92 Å². The number of likely N-dealkylation sites (N-methyl/N-ethyl adjacent to an activating group) is 1. The molecular weight excluding hydrogens is 1210 g/mol. The third-order valence-electron chi connectivity index (χ3n) is 16.0. The topological polar surface area (TPSA) is 482 Å². The Morgan fingerprint density at radius 2 is 1.16 bits per heavy atom. The van der Waals surface area contributed by atoms with E-state index in [1.807, 2.05) is 26.0 Å². The number of imidazole rings is 1. The molecule has 4 heterocycles. The number of fused-ring (bicyclic) bond motifs is 2. The van der Waals surface area contributed by atoms with E-state index in [0.717, 1.165) is 0 Å². The summed E-state index contributed by atoms with van der Waals surface area (Å²) in [5.74, 6) is -8.90. The number of aromatic hydroxyl groups is 1. The van der Waals surface area contributed by atoms with Gasteiger partial charge in [-0.1, -0.05) is 62.4 Å². The van der Waals surface area contributed by atoms with Crippen molar-refractivity contribution in [3.05, 3.63) is 120 Å². The van der Waals surface area contributed by atoms with E-state index in [2.05, 4.69) is 67.5 Å². The maximum Gasteiger partial charge on any atom is 0.303 e. The fourth-order valence-corrected chi connectivity index (χ4v) is 11.1. The van der Waals surface area contributed by atoms with Crippen molar-refractivity contribution in [1.29, 1.82) is 0 Å². The predicted octanol–water partition coefficient (Wildman–Crippen LogP) is -0.847. The lowest BCUT2D eigenvalue weighted by Crippen LogP contribution is -2.61. The second-order valence-corrected chi connectivity index (χ2v) is 23.6. The van der Waals surface area contributed by atoms with Gasteiger partial charge in [-0.2, -0.15) is 0 Å². The Kier molecular flexibility index (Phi) is 26.0. The van der Waals surface area contributed by atoms with Crippen LogP contribution in [0.5, 0.6) is 5.75 Å². The third kappa shape index (κ3) is 20.3. The third-order valence-corrected chi connectivity index (χ3v) is 16.0. The Balaban J connectivity index is 1.16. The molecule has 504 valence electrons. The molecule has 0 radical (unpaired) electrons. The monoisotopic (exact) mass is 1300 g/mol. The number of hydrogen-bond acceptors (Lipinski definition) is 15. The summed E-state index contributed by atoms with van der Waals surface area (Å²) in [6.07, 6.45) is 5.78. The highest BCUT2D eigenvalue weighted by Gasteiger charge is 2.40. The average Bonchev–Trinajstić information content (AvgIpc) is 1.65. The number of nitrogens with zero attached hydrogens (tertiary/aromatic N) is 3. The minimum Gasteiger partial charge on any atom is -0.508 e. The van der Waals surface area contributed by atoms with Crippen LogP contribution in [0.15, 0.2) is 103 Å². The van der Waals surface area contributed by atoms with Gasteiger partial charge < -0.3 is 94.9 Å². The molecule has 30 nitrogen and oxygen atoms in total. The zero-order valence-corrected chi connectivity index (χ0v) is 52.6. The highest BCUT2D eigenvalue weighted by molar-refractivity contribution is 5.99. The Labute approximate surface area is 541 Å². The van der Waals surface area contributed by atoms with E-state index in [1.54, 1.807) is 55.7 Å². The van der Waals surface area contributed by atoms with Crippen molar-refractivity contribution in [2.75, 3.05) is 26.2 Å². The van der Waals surface area contributed by atoms with E-state index in [9.17, 15) is 53.7 Å². The van der Waals surface area contributed by atoms with Crippen LogP contribution in [0.4, 0.5) is 0 Å². The maximum atomic E-state index is 15.1. The van der Waals surface area contributed by atoms with Gasteiger partial charge in [0.2, 0.25) is 53.2 Å². The number of guanidine groups is 1. The van der Waals surface area contributed by atoms with Crippen molar-refractivity contribution in [2.45, 2.75) is 146 Å². The molecule has 0 saturated carbocycles. The molecule has 1 aliphatic heterocycles. The highest BCUT2D eigenvalue weighted by Crippen LogP contribution is 2.24. The summed E-state index contributed by atoms with van der Waals surface area (Å²) in [4.78, 5) is 159. The molecule has 9 amide bonds. The molecule has 0 spiro atoms. The van der Waals surface area contributed by atoms with Gasteiger partial charge in [-0.15, -0.1) is 0 Å². The van der Waals surface area contributed by atoms with Gasteiger partial charge in [0.15, 0.2) is 5.96 Å². The molecule has 9 atom stereocenters. The van der Waals surface area contributed by atoms with E-state index >= 15 is 9.59 Å². The highest BCUT2D eigenvalue weighted by atomic mass is 16.4. The number of aliphatic hydroxyl groups is 1. The average molecular weight is 1300 g/mol. The number of carboxylic acid groups (broad SMARTS) is 1. The first kappa shape index (κ1) is 71.1. The number of carbonyl (C=O) groups is 10. The SMILES string of the molecule is CCNC(=O)[C@@H]1CCCN1C(=O)[C@H](CCCN=C(N)N)NC(=O)[C@H](CC(C)C)NC(=O)[C@@H](Cc1c[nH]c2ccccc12)NC(=O)[C@H](Cc1ccc(O)cc1)NC(=O)[C@H](CO)NC(=O)[C@H](Cc1c[nH]c2ccccc12)NC(=O)[C@H](Cc1cnc[nH]1)NC(=O)[C@@H](N)CCC(=O)O. The molecule has 1 saturated heterocycles. The Morgan fingerprint density at radius 1 is 0.649 bits per heavy atom. The molecule has 6 aromatic rings. The lowest BCUT2D eigenvalue weighted by Gasteiger charge is -2.30. The zero-order valence-electron chi connectivity index (χ0n) is 52.6. The van der Waals surface area contributed by atoms with Gasteiger partial charge in [0.05, 0.1) is 19.0 Å². The summed E-state index contributed by atoms with van der Waals surface area (Å²) >= 11 is 0. The van der Waals surface area contributed by atoms with E-state index in [0.29, 0.717) is 63.6 Å². The second-order valence-electron chi connectivity index (χ2n) is 23.6. The fraction of sp³-hybridized carbons (Fsp3) is 0.438. The normalized spacial score (nSPS) is 15.5. The minimum atomic E-state index is -1.81. The van der Waals surface area contributed by atoms with Gasteiger partial charge in [-0.25, -0.2) is 4.98 Å². The van der Waals surface area contributed by atoms with Crippen LogP contribution in [0.3, 0.4) is 0 Å². The number of phenols is 1. The number of aliphatic imine (C=N–C) groups is 1. The minimum absolute atomic E-state index is 0.0544. The van der Waals surface area contributed by atoms with E-state index in [1.165, 1.54) is 41.7 Å². The Hall–Kier alpha value is -10.4. The van der Waals surface area contributed by atoms with Crippen molar-refractivity contribution < 1.29 is 63.3 Å². The number of phenolic OH excluding ortho intramolecular Hbond substituents is 1. The number of nitrogens with two attached hydrogens (primary N) is 3. The van der Waals surface area contributed by atoms with E-state index in [-0.39, 0.29) is 88.0 Å². The number of carboxylic acids is 1. The summed E-state index contributed by atoms with van der Waals surface area (Å²) in [5, 5.41) is 53.3. The molecule has 3 aromatic heterocycles. The van der Waals surface area contributed by atoms with Gasteiger partial charge in [0, 0.05) is 97.8 Å². The Morgan fingerprint density at radius 3 is 1.69 bits per heavy atom. The van der Waals surface area contributed by atoms with Crippen molar-refractivity contribution in [3.8, 4) is 5.75 Å².